The number of sulfone groups is 1. The standard InChI is InChI=1S/C30H36FN7O4S/c1-18-22-14-33-38(26(22)12-25(34-18)23-13-32-8-6-27(23)41-3)30-11-21(37-15-20(19(37)2)17-43(5,39)40)10-29(35-30)36-9-7-28(42-4)24(31)16-36/h6,8,10-14,19-20,24,28H,7,9,15-17H2,1-5H3/t19-,20-,24-,28+/m1/s1. The van der Waals surface area contributed by atoms with Gasteiger partial charge in [0.1, 0.15) is 27.6 Å². The van der Waals surface area contributed by atoms with Crippen molar-refractivity contribution in [1.29, 1.82) is 0 Å². The van der Waals surface area contributed by atoms with Crippen LogP contribution in [0.5, 0.6) is 5.75 Å². The Morgan fingerprint density at radius 3 is 2.58 bits per heavy atom. The molecule has 0 N–H and O–H groups in total. The molecule has 4 atom stereocenters. The van der Waals surface area contributed by atoms with E-state index in [4.69, 9.17) is 24.5 Å². The molecule has 13 heteroatoms. The van der Waals surface area contributed by atoms with Gasteiger partial charge in [0.05, 0.1) is 48.5 Å². The lowest BCUT2D eigenvalue weighted by molar-refractivity contribution is 0.0195. The van der Waals surface area contributed by atoms with E-state index in [0.717, 1.165) is 27.8 Å². The number of nitrogens with zero attached hydrogens (tertiary/aromatic N) is 7. The third-order valence-corrected chi connectivity index (χ3v) is 9.63. The van der Waals surface area contributed by atoms with Gasteiger partial charge in [0.25, 0.3) is 0 Å². The van der Waals surface area contributed by atoms with Gasteiger partial charge < -0.3 is 19.3 Å². The Balaban J connectivity index is 1.44. The van der Waals surface area contributed by atoms with Gasteiger partial charge in [-0.25, -0.2) is 22.5 Å². The van der Waals surface area contributed by atoms with Crippen LogP contribution >= 0.6 is 0 Å². The van der Waals surface area contributed by atoms with Gasteiger partial charge in [-0.05, 0) is 32.4 Å². The molecule has 228 valence electrons. The number of aryl methyl sites for hydroxylation is 1. The third-order valence-electron chi connectivity index (χ3n) is 8.60. The fourth-order valence-corrected chi connectivity index (χ4v) is 7.30. The summed E-state index contributed by atoms with van der Waals surface area (Å²) in [5, 5.41) is 5.58. The first-order valence-electron chi connectivity index (χ1n) is 14.3. The minimum absolute atomic E-state index is 0.0106. The zero-order valence-corrected chi connectivity index (χ0v) is 25.8. The van der Waals surface area contributed by atoms with E-state index in [1.807, 2.05) is 36.9 Å². The zero-order valence-electron chi connectivity index (χ0n) is 24.9. The maximum absolute atomic E-state index is 15.0. The van der Waals surface area contributed by atoms with Gasteiger partial charge in [-0.15, -0.1) is 0 Å². The number of ether oxygens (including phenoxy) is 2. The van der Waals surface area contributed by atoms with Gasteiger partial charge in [0.2, 0.25) is 0 Å². The monoisotopic (exact) mass is 609 g/mol. The number of piperidine rings is 1. The van der Waals surface area contributed by atoms with E-state index in [1.54, 1.807) is 36.4 Å². The molecular formula is C30H36FN7O4S. The Kier molecular flexibility index (Phi) is 7.71. The van der Waals surface area contributed by atoms with Crippen molar-refractivity contribution in [2.75, 3.05) is 55.7 Å². The molecule has 0 radical (unpaired) electrons. The molecular weight excluding hydrogens is 573 g/mol. The quantitative estimate of drug-likeness (QED) is 0.293. The van der Waals surface area contributed by atoms with Crippen LogP contribution in [0.1, 0.15) is 19.0 Å². The van der Waals surface area contributed by atoms with E-state index in [1.165, 1.54) is 13.4 Å². The molecule has 4 aromatic heterocycles. The molecule has 2 aliphatic rings. The summed E-state index contributed by atoms with van der Waals surface area (Å²) in [6.45, 7) is 5.32. The van der Waals surface area contributed by atoms with Crippen molar-refractivity contribution in [3.63, 3.8) is 0 Å². The number of pyridine rings is 3. The second kappa shape index (κ2) is 11.3. The van der Waals surface area contributed by atoms with Gasteiger partial charge in [-0.3, -0.25) is 9.97 Å². The summed E-state index contributed by atoms with van der Waals surface area (Å²) in [4.78, 5) is 18.2. The second-order valence-electron chi connectivity index (χ2n) is 11.5. The molecule has 0 aliphatic carbocycles. The smallest absolute Gasteiger partial charge is 0.158 e. The SMILES string of the molecule is COc1ccncc1-c1cc2c(cnn2-c2cc(N3C[C@H](CS(C)(=O)=O)[C@H]3C)cc(N3CC[C@H](OC)[C@H](F)C3)n2)c(C)n1. The molecule has 6 heterocycles. The second-order valence-corrected chi connectivity index (χ2v) is 13.7. The number of anilines is 2. The topological polar surface area (TPSA) is 116 Å². The number of fused-ring (bicyclic) bond motifs is 1. The van der Waals surface area contributed by atoms with E-state index in [0.29, 0.717) is 42.6 Å². The van der Waals surface area contributed by atoms with Crippen molar-refractivity contribution in [1.82, 2.24) is 24.7 Å². The first-order valence-corrected chi connectivity index (χ1v) is 16.3. The minimum atomic E-state index is -3.10. The van der Waals surface area contributed by atoms with Gasteiger partial charge in [-0.1, -0.05) is 0 Å². The highest BCUT2D eigenvalue weighted by Gasteiger charge is 2.38. The van der Waals surface area contributed by atoms with Crippen LogP contribution in [0.15, 0.2) is 42.9 Å². The van der Waals surface area contributed by atoms with E-state index in [-0.39, 0.29) is 24.3 Å². The fraction of sp³-hybridized carbons (Fsp3) is 0.467. The van der Waals surface area contributed by atoms with Crippen LogP contribution in [0.25, 0.3) is 28.0 Å². The highest BCUT2D eigenvalue weighted by Crippen LogP contribution is 2.37. The molecule has 4 aromatic rings. The van der Waals surface area contributed by atoms with Crippen LogP contribution in [-0.2, 0) is 14.6 Å². The van der Waals surface area contributed by atoms with Crippen LogP contribution in [0.4, 0.5) is 15.9 Å². The molecule has 0 aromatic carbocycles. The summed E-state index contributed by atoms with van der Waals surface area (Å²) in [7, 11) is 0.0497. The van der Waals surface area contributed by atoms with Crippen LogP contribution < -0.4 is 14.5 Å². The molecule has 6 rings (SSSR count). The predicted molar refractivity (Wildman–Crippen MR) is 164 cm³/mol. The number of rotatable bonds is 8. The molecule has 43 heavy (non-hydrogen) atoms. The maximum atomic E-state index is 15.0. The van der Waals surface area contributed by atoms with Gasteiger partial charge in [0, 0.05) is 79.7 Å². The first-order chi connectivity index (χ1) is 20.6. The molecule has 2 fully saturated rings. The minimum Gasteiger partial charge on any atom is -0.496 e. The molecule has 0 spiro atoms. The van der Waals surface area contributed by atoms with Gasteiger partial charge in [0.15, 0.2) is 5.82 Å². The van der Waals surface area contributed by atoms with Crippen LogP contribution in [0.2, 0.25) is 0 Å². The molecule has 0 bridgehead atoms. The average molecular weight is 610 g/mol. The molecule has 0 saturated carbocycles. The number of aromatic nitrogens is 5. The average Bonchev–Trinajstić information content (AvgIpc) is 3.43. The van der Waals surface area contributed by atoms with Crippen molar-refractivity contribution in [2.45, 2.75) is 38.6 Å². The number of hydrogen-bond donors (Lipinski definition) is 0. The van der Waals surface area contributed by atoms with Gasteiger partial charge in [-0.2, -0.15) is 5.10 Å². The molecule has 11 nitrogen and oxygen atoms in total. The lowest BCUT2D eigenvalue weighted by atomic mass is 9.91. The van der Waals surface area contributed by atoms with Crippen molar-refractivity contribution in [3.8, 4) is 22.8 Å². The number of halogens is 1. The molecule has 2 aliphatic heterocycles. The fourth-order valence-electron chi connectivity index (χ4n) is 6.14. The number of methoxy groups -OCH3 is 2. The van der Waals surface area contributed by atoms with E-state index >= 15 is 0 Å². The zero-order chi connectivity index (χ0) is 30.5. The molecule has 0 amide bonds. The summed E-state index contributed by atoms with van der Waals surface area (Å²) < 4.78 is 51.6. The Morgan fingerprint density at radius 1 is 1.09 bits per heavy atom. The lowest BCUT2D eigenvalue weighted by Crippen LogP contribution is -2.57. The summed E-state index contributed by atoms with van der Waals surface area (Å²) in [6, 6.07) is 7.66. The molecule has 0 unspecified atom stereocenters. The first kappa shape index (κ1) is 29.2. The van der Waals surface area contributed by atoms with Crippen molar-refractivity contribution >= 4 is 32.2 Å². The number of hydrogen-bond acceptors (Lipinski definition) is 10. The van der Waals surface area contributed by atoms with Crippen molar-refractivity contribution < 1.29 is 22.3 Å². The summed E-state index contributed by atoms with van der Waals surface area (Å²) in [6.07, 6.45) is 5.39. The predicted octanol–water partition coefficient (Wildman–Crippen LogP) is 3.63. The summed E-state index contributed by atoms with van der Waals surface area (Å²) >= 11 is 0. The van der Waals surface area contributed by atoms with Crippen LogP contribution in [-0.4, -0.2) is 97.3 Å². The van der Waals surface area contributed by atoms with Gasteiger partial charge >= 0.3 is 0 Å². The Hall–Kier alpha value is -3.84. The summed E-state index contributed by atoms with van der Waals surface area (Å²) in [5.74, 6) is 2.02. The van der Waals surface area contributed by atoms with Crippen LogP contribution in [0, 0.1) is 12.8 Å². The van der Waals surface area contributed by atoms with Crippen molar-refractivity contribution in [2.24, 2.45) is 5.92 Å². The highest BCUT2D eigenvalue weighted by atomic mass is 32.2. The summed E-state index contributed by atoms with van der Waals surface area (Å²) in [5.41, 5.74) is 3.92. The van der Waals surface area contributed by atoms with E-state index in [2.05, 4.69) is 9.88 Å². The molecule has 2 saturated heterocycles. The van der Waals surface area contributed by atoms with E-state index < -0.39 is 22.1 Å². The largest absolute Gasteiger partial charge is 0.496 e. The highest BCUT2D eigenvalue weighted by molar-refractivity contribution is 7.90. The Labute approximate surface area is 250 Å². The Bertz CT molecular complexity index is 1760. The normalized spacial score (nSPS) is 22.6. The maximum Gasteiger partial charge on any atom is 0.158 e. The van der Waals surface area contributed by atoms with Crippen molar-refractivity contribution in [3.05, 3.63) is 48.5 Å². The Morgan fingerprint density at radius 2 is 1.88 bits per heavy atom. The van der Waals surface area contributed by atoms with Crippen LogP contribution in [0.3, 0.4) is 0 Å². The van der Waals surface area contributed by atoms with E-state index in [9.17, 15) is 12.8 Å². The third kappa shape index (κ3) is 5.63. The number of alkyl halides is 1. The lowest BCUT2D eigenvalue weighted by Gasteiger charge is -2.48.